The van der Waals surface area contributed by atoms with Gasteiger partial charge in [-0.2, -0.15) is 0 Å². The first kappa shape index (κ1) is 17.8. The lowest BCUT2D eigenvalue weighted by Gasteiger charge is -2.14. The van der Waals surface area contributed by atoms with Crippen molar-refractivity contribution >= 4 is 17.6 Å². The second-order valence-electron chi connectivity index (χ2n) is 6.68. The fourth-order valence-electron chi connectivity index (χ4n) is 3.21. The van der Waals surface area contributed by atoms with Gasteiger partial charge in [-0.3, -0.25) is 4.79 Å². The van der Waals surface area contributed by atoms with Gasteiger partial charge in [0.15, 0.2) is 6.10 Å². The highest BCUT2D eigenvalue weighted by Gasteiger charge is 2.20. The predicted octanol–water partition coefficient (Wildman–Crippen LogP) is 2.33. The molecule has 1 heterocycles. The van der Waals surface area contributed by atoms with E-state index in [9.17, 15) is 9.59 Å². The number of carbonyl (C=O) groups excluding carboxylic acids is 2. The van der Waals surface area contributed by atoms with Gasteiger partial charge in [0.1, 0.15) is 6.33 Å². The summed E-state index contributed by atoms with van der Waals surface area (Å²) < 4.78 is 6.77. The normalized spacial score (nSPS) is 13.6. The molecule has 0 aliphatic heterocycles. The smallest absolute Gasteiger partial charge is 0.338 e. The highest BCUT2D eigenvalue weighted by atomic mass is 16.5. The Balaban J connectivity index is 1.36. The number of amides is 1. The second kappa shape index (κ2) is 7.59. The number of benzene rings is 2. The molecule has 8 nitrogen and oxygen atoms in total. The Bertz CT molecular complexity index is 999. The van der Waals surface area contributed by atoms with E-state index in [1.807, 2.05) is 18.2 Å². The highest BCUT2D eigenvalue weighted by Crippen LogP contribution is 2.25. The number of tetrazole rings is 1. The molecule has 1 N–H and O–H groups in total. The van der Waals surface area contributed by atoms with Crippen LogP contribution in [0, 0.1) is 0 Å². The molecule has 0 unspecified atom stereocenters. The van der Waals surface area contributed by atoms with Crippen LogP contribution in [0.1, 0.15) is 34.8 Å². The summed E-state index contributed by atoms with van der Waals surface area (Å²) in [5.74, 6) is -0.934. The van der Waals surface area contributed by atoms with Gasteiger partial charge in [-0.25, -0.2) is 9.48 Å². The van der Waals surface area contributed by atoms with E-state index in [0.29, 0.717) is 11.3 Å². The predicted molar refractivity (Wildman–Crippen MR) is 101 cm³/mol. The van der Waals surface area contributed by atoms with Crippen molar-refractivity contribution in [1.82, 2.24) is 20.2 Å². The standard InChI is InChI=1S/C20H19N5O3/c1-13(19(26)22-17-8-5-14-3-2-4-16(14)11-17)28-20(27)15-6-9-18(10-7-15)25-12-21-23-24-25/h5-13H,2-4H2,1H3,(H,22,26)/t13-/m1/s1. The number of anilines is 1. The molecular formula is C20H19N5O3. The van der Waals surface area contributed by atoms with Crippen molar-refractivity contribution in [3.8, 4) is 5.69 Å². The SMILES string of the molecule is C[C@@H](OC(=O)c1ccc(-n2cnnn2)cc1)C(=O)Nc1ccc2c(c1)CCC2. The summed E-state index contributed by atoms with van der Waals surface area (Å²) in [7, 11) is 0. The fraction of sp³-hybridized carbons (Fsp3) is 0.250. The number of aromatic nitrogens is 4. The summed E-state index contributed by atoms with van der Waals surface area (Å²) in [5, 5.41) is 13.7. The number of aryl methyl sites for hydroxylation is 2. The molecule has 1 amide bonds. The molecule has 142 valence electrons. The fourth-order valence-corrected chi connectivity index (χ4v) is 3.21. The van der Waals surface area contributed by atoms with E-state index in [1.165, 1.54) is 22.1 Å². The minimum absolute atomic E-state index is 0.342. The first-order chi connectivity index (χ1) is 13.6. The topological polar surface area (TPSA) is 99.0 Å². The van der Waals surface area contributed by atoms with E-state index in [2.05, 4.69) is 20.8 Å². The van der Waals surface area contributed by atoms with Crippen LogP contribution < -0.4 is 5.32 Å². The molecule has 0 radical (unpaired) electrons. The van der Waals surface area contributed by atoms with Gasteiger partial charge in [0.2, 0.25) is 0 Å². The zero-order chi connectivity index (χ0) is 19.5. The number of esters is 1. The maximum atomic E-state index is 12.4. The molecular weight excluding hydrogens is 358 g/mol. The van der Waals surface area contributed by atoms with Gasteiger partial charge in [0, 0.05) is 5.69 Å². The lowest BCUT2D eigenvalue weighted by Crippen LogP contribution is -2.30. The van der Waals surface area contributed by atoms with Crippen LogP contribution in [0.4, 0.5) is 5.69 Å². The minimum atomic E-state index is -0.917. The Morgan fingerprint density at radius 2 is 1.89 bits per heavy atom. The Labute approximate surface area is 161 Å². The molecule has 1 aliphatic rings. The van der Waals surface area contributed by atoms with Crippen LogP contribution in [0.3, 0.4) is 0 Å². The zero-order valence-electron chi connectivity index (χ0n) is 15.3. The van der Waals surface area contributed by atoms with Crippen LogP contribution in [0.5, 0.6) is 0 Å². The van der Waals surface area contributed by atoms with Crippen LogP contribution in [-0.4, -0.2) is 38.2 Å². The van der Waals surface area contributed by atoms with Crippen molar-refractivity contribution < 1.29 is 14.3 Å². The molecule has 28 heavy (non-hydrogen) atoms. The van der Waals surface area contributed by atoms with Gasteiger partial charge < -0.3 is 10.1 Å². The van der Waals surface area contributed by atoms with E-state index in [4.69, 9.17) is 4.74 Å². The maximum Gasteiger partial charge on any atom is 0.338 e. The third kappa shape index (κ3) is 3.75. The highest BCUT2D eigenvalue weighted by molar-refractivity contribution is 5.97. The first-order valence-electron chi connectivity index (χ1n) is 9.07. The summed E-state index contributed by atoms with van der Waals surface area (Å²) in [5.41, 5.74) is 4.38. The summed E-state index contributed by atoms with van der Waals surface area (Å²) >= 11 is 0. The van der Waals surface area contributed by atoms with Crippen molar-refractivity contribution in [3.63, 3.8) is 0 Å². The van der Waals surface area contributed by atoms with Crippen molar-refractivity contribution in [1.29, 1.82) is 0 Å². The van der Waals surface area contributed by atoms with Crippen LogP contribution in [0.25, 0.3) is 5.69 Å². The molecule has 4 rings (SSSR count). The molecule has 0 saturated heterocycles. The Hall–Kier alpha value is -3.55. The van der Waals surface area contributed by atoms with E-state index < -0.39 is 12.1 Å². The van der Waals surface area contributed by atoms with Crippen molar-refractivity contribution in [2.45, 2.75) is 32.3 Å². The Kier molecular flexibility index (Phi) is 4.84. The Morgan fingerprint density at radius 1 is 1.11 bits per heavy atom. The monoisotopic (exact) mass is 377 g/mol. The van der Waals surface area contributed by atoms with E-state index in [-0.39, 0.29) is 5.91 Å². The van der Waals surface area contributed by atoms with Gasteiger partial charge in [-0.15, -0.1) is 5.10 Å². The molecule has 1 aliphatic carbocycles. The van der Waals surface area contributed by atoms with E-state index >= 15 is 0 Å². The molecule has 1 aromatic heterocycles. The summed E-state index contributed by atoms with van der Waals surface area (Å²) in [6.45, 7) is 1.55. The third-order valence-corrected chi connectivity index (χ3v) is 4.74. The minimum Gasteiger partial charge on any atom is -0.449 e. The lowest BCUT2D eigenvalue weighted by molar-refractivity contribution is -0.123. The van der Waals surface area contributed by atoms with Gasteiger partial charge >= 0.3 is 5.97 Å². The van der Waals surface area contributed by atoms with Crippen LogP contribution in [0.15, 0.2) is 48.8 Å². The largest absolute Gasteiger partial charge is 0.449 e. The van der Waals surface area contributed by atoms with Crippen molar-refractivity contribution in [2.24, 2.45) is 0 Å². The number of nitrogens with one attached hydrogen (secondary N) is 1. The number of nitrogens with zero attached hydrogens (tertiary/aromatic N) is 4. The first-order valence-corrected chi connectivity index (χ1v) is 9.07. The van der Waals surface area contributed by atoms with Gasteiger partial charge in [0.25, 0.3) is 5.91 Å². The number of ether oxygens (including phenoxy) is 1. The average Bonchev–Trinajstić information content (AvgIpc) is 3.39. The van der Waals surface area contributed by atoms with Gasteiger partial charge in [-0.05, 0) is 84.1 Å². The van der Waals surface area contributed by atoms with Gasteiger partial charge in [0.05, 0.1) is 11.3 Å². The van der Waals surface area contributed by atoms with E-state index in [1.54, 1.807) is 31.2 Å². The molecule has 3 aromatic rings. The average molecular weight is 377 g/mol. The molecule has 8 heteroatoms. The molecule has 0 fully saturated rings. The number of fused-ring (bicyclic) bond motifs is 1. The van der Waals surface area contributed by atoms with Crippen molar-refractivity contribution in [2.75, 3.05) is 5.32 Å². The maximum absolute atomic E-state index is 12.4. The number of carbonyl (C=O) groups is 2. The lowest BCUT2D eigenvalue weighted by atomic mass is 10.1. The number of rotatable bonds is 5. The van der Waals surface area contributed by atoms with Crippen LogP contribution >= 0.6 is 0 Å². The Morgan fingerprint density at radius 3 is 2.64 bits per heavy atom. The summed E-state index contributed by atoms with van der Waals surface area (Å²) in [6, 6.07) is 12.5. The number of hydrogen-bond donors (Lipinski definition) is 1. The number of hydrogen-bond acceptors (Lipinski definition) is 6. The van der Waals surface area contributed by atoms with Gasteiger partial charge in [-0.1, -0.05) is 6.07 Å². The molecule has 0 saturated carbocycles. The van der Waals surface area contributed by atoms with E-state index in [0.717, 1.165) is 24.9 Å². The second-order valence-corrected chi connectivity index (χ2v) is 6.68. The molecule has 1 atom stereocenters. The molecule has 0 bridgehead atoms. The van der Waals surface area contributed by atoms with Crippen LogP contribution in [-0.2, 0) is 22.4 Å². The molecule has 0 spiro atoms. The summed E-state index contributed by atoms with van der Waals surface area (Å²) in [4.78, 5) is 24.7. The van der Waals surface area contributed by atoms with Crippen molar-refractivity contribution in [3.05, 3.63) is 65.5 Å². The zero-order valence-corrected chi connectivity index (χ0v) is 15.3. The quantitative estimate of drug-likeness (QED) is 0.685. The van der Waals surface area contributed by atoms with Crippen LogP contribution in [0.2, 0.25) is 0 Å². The summed E-state index contributed by atoms with van der Waals surface area (Å²) in [6.07, 6.45) is 3.81. The third-order valence-electron chi connectivity index (χ3n) is 4.74. The molecule has 2 aromatic carbocycles.